The van der Waals surface area contributed by atoms with Crippen LogP contribution >= 0.6 is 0 Å². The third-order valence-electron chi connectivity index (χ3n) is 5.92. The van der Waals surface area contributed by atoms with E-state index in [-0.39, 0.29) is 11.8 Å². The molecular formula is C21H30N2O5. The molecule has 5 atom stereocenters. The summed E-state index contributed by atoms with van der Waals surface area (Å²) in [5.41, 5.74) is 6.64. The van der Waals surface area contributed by atoms with Crippen molar-refractivity contribution in [1.82, 2.24) is 4.90 Å². The maximum atomic E-state index is 12.8. The summed E-state index contributed by atoms with van der Waals surface area (Å²) in [7, 11) is 1.57. The van der Waals surface area contributed by atoms with Crippen LogP contribution in [0, 0.1) is 5.92 Å². The number of amides is 2. The Morgan fingerprint density at radius 2 is 2.11 bits per heavy atom. The SMILES string of the molecule is CCCCC(=O)N(CCOC)[C@@H]1CC(C(N)=O)[C@@H]2c3ccccc3O[C@@H]2[C@H]1O. The molecule has 1 heterocycles. The molecule has 7 heteroatoms. The van der Waals surface area contributed by atoms with Gasteiger partial charge in [0.2, 0.25) is 11.8 Å². The van der Waals surface area contributed by atoms with Crippen LogP contribution in [0.3, 0.4) is 0 Å². The van der Waals surface area contributed by atoms with Gasteiger partial charge in [0.1, 0.15) is 18.0 Å². The van der Waals surface area contributed by atoms with E-state index in [1.807, 2.05) is 31.2 Å². The van der Waals surface area contributed by atoms with Gasteiger partial charge in [0.05, 0.1) is 18.6 Å². The number of para-hydroxylation sites is 1. The highest BCUT2D eigenvalue weighted by molar-refractivity contribution is 5.80. The first-order chi connectivity index (χ1) is 13.5. The monoisotopic (exact) mass is 390 g/mol. The van der Waals surface area contributed by atoms with Crippen LogP contribution in [-0.4, -0.2) is 60.3 Å². The maximum Gasteiger partial charge on any atom is 0.222 e. The molecule has 2 aliphatic rings. The fourth-order valence-corrected chi connectivity index (χ4v) is 4.49. The van der Waals surface area contributed by atoms with Gasteiger partial charge in [-0.3, -0.25) is 9.59 Å². The number of ether oxygens (including phenoxy) is 2. The van der Waals surface area contributed by atoms with Gasteiger partial charge in [-0.1, -0.05) is 31.5 Å². The van der Waals surface area contributed by atoms with Crippen molar-refractivity contribution < 1.29 is 24.2 Å². The summed E-state index contributed by atoms with van der Waals surface area (Å²) in [6.07, 6.45) is 0.896. The van der Waals surface area contributed by atoms with Gasteiger partial charge in [-0.25, -0.2) is 0 Å². The highest BCUT2D eigenvalue weighted by Gasteiger charge is 2.54. The summed E-state index contributed by atoms with van der Waals surface area (Å²) < 4.78 is 11.2. The Kier molecular flexibility index (Phi) is 6.57. The van der Waals surface area contributed by atoms with E-state index in [0.29, 0.717) is 31.7 Å². The van der Waals surface area contributed by atoms with Crippen LogP contribution in [0.4, 0.5) is 0 Å². The molecule has 1 aliphatic heterocycles. The van der Waals surface area contributed by atoms with Crippen molar-refractivity contribution in [3.05, 3.63) is 29.8 Å². The number of aliphatic hydroxyl groups is 1. The summed E-state index contributed by atoms with van der Waals surface area (Å²) in [4.78, 5) is 26.8. The zero-order valence-electron chi connectivity index (χ0n) is 16.5. The number of fused-ring (bicyclic) bond motifs is 3. The third-order valence-corrected chi connectivity index (χ3v) is 5.92. The maximum absolute atomic E-state index is 12.8. The summed E-state index contributed by atoms with van der Waals surface area (Å²) in [5, 5.41) is 11.1. The standard InChI is InChI=1S/C21H30N2O5/c1-3-4-9-17(24)23(10-11-27-2)15-12-14(21(22)26)18-13-7-5-6-8-16(13)28-20(18)19(15)25/h5-8,14-15,18-20,25H,3-4,9-12H2,1-2H3,(H2,22,26)/t14?,15-,18+,19+,20+/m1/s1. The van der Waals surface area contributed by atoms with E-state index in [0.717, 1.165) is 18.4 Å². The van der Waals surface area contributed by atoms with Crippen molar-refractivity contribution in [3.8, 4) is 5.75 Å². The number of hydrogen-bond donors (Lipinski definition) is 2. The molecule has 3 rings (SSSR count). The molecule has 1 aromatic carbocycles. The first-order valence-electron chi connectivity index (χ1n) is 10.0. The van der Waals surface area contributed by atoms with Crippen LogP contribution < -0.4 is 10.5 Å². The Labute approximate surface area is 165 Å². The van der Waals surface area contributed by atoms with Crippen molar-refractivity contribution >= 4 is 11.8 Å². The highest BCUT2D eigenvalue weighted by Crippen LogP contribution is 2.49. The quantitative estimate of drug-likeness (QED) is 0.699. The van der Waals surface area contributed by atoms with Crippen LogP contribution in [0.15, 0.2) is 24.3 Å². The number of benzene rings is 1. The predicted octanol–water partition coefficient (Wildman–Crippen LogP) is 1.43. The summed E-state index contributed by atoms with van der Waals surface area (Å²) in [6, 6.07) is 6.96. The van der Waals surface area contributed by atoms with Gasteiger partial charge in [0.25, 0.3) is 0 Å². The van der Waals surface area contributed by atoms with Gasteiger partial charge >= 0.3 is 0 Å². The van der Waals surface area contributed by atoms with Crippen molar-refractivity contribution in [2.75, 3.05) is 20.3 Å². The molecular weight excluding hydrogens is 360 g/mol. The molecule has 0 radical (unpaired) electrons. The van der Waals surface area contributed by atoms with Gasteiger partial charge in [-0.05, 0) is 18.9 Å². The largest absolute Gasteiger partial charge is 0.487 e. The fraction of sp³-hybridized carbons (Fsp3) is 0.619. The van der Waals surface area contributed by atoms with Crippen molar-refractivity contribution in [2.45, 2.75) is 56.8 Å². The molecule has 1 fully saturated rings. The number of nitrogens with zero attached hydrogens (tertiary/aromatic N) is 1. The normalized spacial score (nSPS) is 28.2. The Morgan fingerprint density at radius 3 is 2.79 bits per heavy atom. The second-order valence-electron chi connectivity index (χ2n) is 7.63. The van der Waals surface area contributed by atoms with Crippen LogP contribution in [0.5, 0.6) is 5.75 Å². The van der Waals surface area contributed by atoms with E-state index in [4.69, 9.17) is 15.2 Å². The van der Waals surface area contributed by atoms with Gasteiger partial charge in [-0.15, -0.1) is 0 Å². The molecule has 2 amide bonds. The van der Waals surface area contributed by atoms with E-state index in [1.54, 1.807) is 12.0 Å². The predicted molar refractivity (Wildman–Crippen MR) is 104 cm³/mol. The average molecular weight is 390 g/mol. The second kappa shape index (κ2) is 8.92. The fourth-order valence-electron chi connectivity index (χ4n) is 4.49. The number of primary amides is 1. The summed E-state index contributed by atoms with van der Waals surface area (Å²) in [6.45, 7) is 2.74. The molecule has 0 spiro atoms. The molecule has 154 valence electrons. The molecule has 28 heavy (non-hydrogen) atoms. The lowest BCUT2D eigenvalue weighted by Crippen LogP contribution is -2.60. The zero-order valence-corrected chi connectivity index (χ0v) is 16.5. The van der Waals surface area contributed by atoms with Crippen molar-refractivity contribution in [1.29, 1.82) is 0 Å². The number of rotatable bonds is 8. The Bertz CT molecular complexity index is 710. The van der Waals surface area contributed by atoms with Crippen molar-refractivity contribution in [3.63, 3.8) is 0 Å². The van der Waals surface area contributed by atoms with Crippen LogP contribution in [0.25, 0.3) is 0 Å². The minimum atomic E-state index is -0.907. The Morgan fingerprint density at radius 1 is 1.36 bits per heavy atom. The number of carbonyl (C=O) groups excluding carboxylic acids is 2. The zero-order chi connectivity index (χ0) is 20.3. The van der Waals surface area contributed by atoms with E-state index < -0.39 is 30.1 Å². The Hall–Kier alpha value is -2.12. The number of unbranched alkanes of at least 4 members (excludes halogenated alkanes) is 1. The topological polar surface area (TPSA) is 102 Å². The minimum absolute atomic E-state index is 0.0415. The number of hydrogen-bond acceptors (Lipinski definition) is 5. The minimum Gasteiger partial charge on any atom is -0.487 e. The van der Waals surface area contributed by atoms with Gasteiger partial charge in [-0.2, -0.15) is 0 Å². The molecule has 0 saturated heterocycles. The molecule has 1 aliphatic carbocycles. The lowest BCUT2D eigenvalue weighted by Gasteiger charge is -2.44. The van der Waals surface area contributed by atoms with Crippen LogP contribution in [-0.2, 0) is 14.3 Å². The van der Waals surface area contributed by atoms with E-state index in [1.165, 1.54) is 0 Å². The Balaban J connectivity index is 1.90. The van der Waals surface area contributed by atoms with Gasteiger partial charge in [0, 0.05) is 31.6 Å². The van der Waals surface area contributed by atoms with E-state index in [9.17, 15) is 14.7 Å². The lowest BCUT2D eigenvalue weighted by atomic mass is 9.70. The molecule has 1 aromatic rings. The van der Waals surface area contributed by atoms with E-state index in [2.05, 4.69) is 0 Å². The van der Waals surface area contributed by atoms with Crippen LogP contribution in [0.2, 0.25) is 0 Å². The first-order valence-corrected chi connectivity index (χ1v) is 10.0. The summed E-state index contributed by atoms with van der Waals surface area (Å²) >= 11 is 0. The van der Waals surface area contributed by atoms with Crippen LogP contribution in [0.1, 0.15) is 44.1 Å². The first kappa shape index (κ1) is 20.6. The van der Waals surface area contributed by atoms with Gasteiger partial charge in [0.15, 0.2) is 0 Å². The second-order valence-corrected chi connectivity index (χ2v) is 7.63. The van der Waals surface area contributed by atoms with Crippen molar-refractivity contribution in [2.24, 2.45) is 11.7 Å². The molecule has 3 N–H and O–H groups in total. The molecule has 0 aromatic heterocycles. The smallest absolute Gasteiger partial charge is 0.222 e. The van der Waals surface area contributed by atoms with E-state index >= 15 is 0 Å². The molecule has 0 bridgehead atoms. The molecule has 7 nitrogen and oxygen atoms in total. The number of nitrogens with two attached hydrogens (primary N) is 1. The number of carbonyl (C=O) groups is 2. The molecule has 1 saturated carbocycles. The lowest BCUT2D eigenvalue weighted by molar-refractivity contribution is -0.146. The third kappa shape index (κ3) is 3.86. The highest BCUT2D eigenvalue weighted by atomic mass is 16.5. The number of methoxy groups -OCH3 is 1. The number of aliphatic hydroxyl groups excluding tert-OH is 1. The molecule has 1 unspecified atom stereocenters. The van der Waals surface area contributed by atoms with Gasteiger partial charge < -0.3 is 25.2 Å². The summed E-state index contributed by atoms with van der Waals surface area (Å²) in [5.74, 6) is -0.606. The average Bonchev–Trinajstić information content (AvgIpc) is 3.08.